The third kappa shape index (κ3) is 3.89. The zero-order valence-electron chi connectivity index (χ0n) is 16.0. The molecule has 0 saturated carbocycles. The summed E-state index contributed by atoms with van der Waals surface area (Å²) in [7, 11) is 3.10. The topological polar surface area (TPSA) is 67.9 Å². The lowest BCUT2D eigenvalue weighted by Crippen LogP contribution is -2.28. The van der Waals surface area contributed by atoms with Crippen molar-refractivity contribution in [1.29, 1.82) is 0 Å². The van der Waals surface area contributed by atoms with Gasteiger partial charge in [0, 0.05) is 24.7 Å². The fraction of sp³-hybridized carbons (Fsp3) is 0.333. The van der Waals surface area contributed by atoms with Crippen LogP contribution in [0.5, 0.6) is 11.5 Å². The largest absolute Gasteiger partial charge is 0.497 e. The van der Waals surface area contributed by atoms with Crippen LogP contribution in [0.2, 0.25) is 0 Å². The van der Waals surface area contributed by atoms with E-state index in [-0.39, 0.29) is 18.2 Å². The lowest BCUT2D eigenvalue weighted by Gasteiger charge is -2.19. The minimum absolute atomic E-state index is 0.0381. The Labute approximate surface area is 159 Å². The summed E-state index contributed by atoms with van der Waals surface area (Å²) in [6.07, 6.45) is 0.192. The van der Waals surface area contributed by atoms with Crippen LogP contribution in [0.15, 0.2) is 36.4 Å². The summed E-state index contributed by atoms with van der Waals surface area (Å²) in [5.74, 6) is 0.507. The third-order valence-electron chi connectivity index (χ3n) is 4.81. The molecule has 0 spiro atoms. The molecule has 2 aromatic rings. The zero-order chi connectivity index (χ0) is 19.6. The van der Waals surface area contributed by atoms with E-state index in [2.05, 4.69) is 5.32 Å². The molecule has 0 bridgehead atoms. The average molecular weight is 368 g/mol. The monoisotopic (exact) mass is 368 g/mol. The summed E-state index contributed by atoms with van der Waals surface area (Å²) >= 11 is 0. The molecule has 6 heteroatoms. The van der Waals surface area contributed by atoms with Crippen LogP contribution in [0.1, 0.15) is 17.5 Å². The molecule has 1 aliphatic heterocycles. The first-order valence-corrected chi connectivity index (χ1v) is 8.83. The average Bonchev–Trinajstić information content (AvgIpc) is 3.03. The normalized spacial score (nSPS) is 16.4. The van der Waals surface area contributed by atoms with E-state index in [9.17, 15) is 9.59 Å². The standard InChI is InChI=1S/C21H24N2O4/c1-13-5-8-18(14(2)9-13)23-12-15(10-20(23)24)21(25)22-17-7-6-16(26-3)11-19(17)27-4/h5-9,11,15H,10,12H2,1-4H3,(H,22,25)/t15-/m1/s1. The van der Waals surface area contributed by atoms with Crippen molar-refractivity contribution in [3.8, 4) is 11.5 Å². The molecule has 1 saturated heterocycles. The molecule has 1 atom stereocenters. The number of nitrogens with zero attached hydrogens (tertiary/aromatic N) is 1. The highest BCUT2D eigenvalue weighted by Crippen LogP contribution is 2.32. The Balaban J connectivity index is 1.74. The number of anilines is 2. The summed E-state index contributed by atoms with van der Waals surface area (Å²) in [4.78, 5) is 26.9. The summed E-state index contributed by atoms with van der Waals surface area (Å²) in [6.45, 7) is 4.36. The lowest BCUT2D eigenvalue weighted by molar-refractivity contribution is -0.122. The third-order valence-corrected chi connectivity index (χ3v) is 4.81. The molecule has 0 radical (unpaired) electrons. The van der Waals surface area contributed by atoms with Crippen LogP contribution in [0.25, 0.3) is 0 Å². The molecular weight excluding hydrogens is 344 g/mol. The number of hydrogen-bond acceptors (Lipinski definition) is 4. The molecule has 0 unspecified atom stereocenters. The summed E-state index contributed by atoms with van der Waals surface area (Å²) in [6, 6.07) is 11.1. The number of benzene rings is 2. The molecule has 2 amide bonds. The van der Waals surface area contributed by atoms with Crippen LogP contribution >= 0.6 is 0 Å². The number of hydrogen-bond donors (Lipinski definition) is 1. The van der Waals surface area contributed by atoms with Crippen molar-refractivity contribution in [2.75, 3.05) is 31.0 Å². The lowest BCUT2D eigenvalue weighted by atomic mass is 10.1. The number of amides is 2. The quantitative estimate of drug-likeness (QED) is 0.879. The van der Waals surface area contributed by atoms with Crippen molar-refractivity contribution in [2.24, 2.45) is 5.92 Å². The second-order valence-corrected chi connectivity index (χ2v) is 6.75. The molecule has 3 rings (SSSR count). The molecule has 1 N–H and O–H groups in total. The highest BCUT2D eigenvalue weighted by atomic mass is 16.5. The van der Waals surface area contributed by atoms with Gasteiger partial charge in [-0.3, -0.25) is 9.59 Å². The second kappa shape index (κ2) is 7.70. The van der Waals surface area contributed by atoms with Gasteiger partial charge in [0.25, 0.3) is 0 Å². The Kier molecular flexibility index (Phi) is 5.35. The molecule has 1 heterocycles. The van der Waals surface area contributed by atoms with Gasteiger partial charge in [-0.1, -0.05) is 17.7 Å². The molecule has 142 valence electrons. The van der Waals surface area contributed by atoms with E-state index in [4.69, 9.17) is 9.47 Å². The van der Waals surface area contributed by atoms with Crippen LogP contribution in [0.4, 0.5) is 11.4 Å². The maximum absolute atomic E-state index is 12.7. The van der Waals surface area contributed by atoms with E-state index in [1.165, 1.54) is 7.11 Å². The van der Waals surface area contributed by atoms with E-state index in [1.54, 1.807) is 30.2 Å². The highest BCUT2D eigenvalue weighted by Gasteiger charge is 2.36. The molecule has 1 fully saturated rings. The number of ether oxygens (including phenoxy) is 2. The SMILES string of the molecule is COc1ccc(NC(=O)[C@@H]2CC(=O)N(c3ccc(C)cc3C)C2)c(OC)c1. The first kappa shape index (κ1) is 18.8. The number of nitrogens with one attached hydrogen (secondary N) is 1. The maximum atomic E-state index is 12.7. The van der Waals surface area contributed by atoms with Gasteiger partial charge < -0.3 is 19.7 Å². The molecule has 6 nitrogen and oxygen atoms in total. The van der Waals surface area contributed by atoms with Gasteiger partial charge in [-0.15, -0.1) is 0 Å². The number of aryl methyl sites for hydroxylation is 2. The predicted octanol–water partition coefficient (Wildman–Crippen LogP) is 3.31. The van der Waals surface area contributed by atoms with Crippen LogP contribution < -0.4 is 19.7 Å². The molecular formula is C21H24N2O4. The van der Waals surface area contributed by atoms with Crippen LogP contribution in [0, 0.1) is 19.8 Å². The van der Waals surface area contributed by atoms with Crippen molar-refractivity contribution in [2.45, 2.75) is 20.3 Å². The van der Waals surface area contributed by atoms with Crippen molar-refractivity contribution < 1.29 is 19.1 Å². The Morgan fingerprint density at radius 3 is 2.56 bits per heavy atom. The number of carbonyl (C=O) groups is 2. The van der Waals surface area contributed by atoms with Gasteiger partial charge in [0.15, 0.2) is 0 Å². The second-order valence-electron chi connectivity index (χ2n) is 6.75. The van der Waals surface area contributed by atoms with Gasteiger partial charge in [-0.25, -0.2) is 0 Å². The molecule has 1 aliphatic rings. The highest BCUT2D eigenvalue weighted by molar-refractivity contribution is 6.04. The molecule has 2 aromatic carbocycles. The van der Waals surface area contributed by atoms with Gasteiger partial charge in [0.05, 0.1) is 25.8 Å². The van der Waals surface area contributed by atoms with Crippen molar-refractivity contribution in [1.82, 2.24) is 0 Å². The zero-order valence-corrected chi connectivity index (χ0v) is 16.0. The van der Waals surface area contributed by atoms with E-state index in [1.807, 2.05) is 32.0 Å². The fourth-order valence-corrected chi connectivity index (χ4v) is 3.36. The fourth-order valence-electron chi connectivity index (χ4n) is 3.36. The summed E-state index contributed by atoms with van der Waals surface area (Å²) in [5, 5.41) is 2.87. The van der Waals surface area contributed by atoms with Gasteiger partial charge >= 0.3 is 0 Å². The van der Waals surface area contributed by atoms with Crippen LogP contribution in [0.3, 0.4) is 0 Å². The first-order valence-electron chi connectivity index (χ1n) is 8.83. The van der Waals surface area contributed by atoms with E-state index < -0.39 is 5.92 Å². The number of rotatable bonds is 5. The Morgan fingerprint density at radius 2 is 1.89 bits per heavy atom. The first-order chi connectivity index (χ1) is 12.9. The Morgan fingerprint density at radius 1 is 1.11 bits per heavy atom. The Hall–Kier alpha value is -3.02. The predicted molar refractivity (Wildman–Crippen MR) is 105 cm³/mol. The molecule has 0 aliphatic carbocycles. The van der Waals surface area contributed by atoms with Crippen LogP contribution in [-0.2, 0) is 9.59 Å². The van der Waals surface area contributed by atoms with Gasteiger partial charge in [-0.05, 0) is 37.6 Å². The smallest absolute Gasteiger partial charge is 0.229 e. The van der Waals surface area contributed by atoms with E-state index >= 15 is 0 Å². The Bertz CT molecular complexity index is 878. The van der Waals surface area contributed by atoms with Crippen molar-refractivity contribution in [3.63, 3.8) is 0 Å². The summed E-state index contributed by atoms with van der Waals surface area (Å²) < 4.78 is 10.5. The maximum Gasteiger partial charge on any atom is 0.229 e. The number of carbonyl (C=O) groups excluding carboxylic acids is 2. The number of methoxy groups -OCH3 is 2. The minimum atomic E-state index is -0.412. The van der Waals surface area contributed by atoms with Gasteiger partial charge in [0.1, 0.15) is 11.5 Å². The van der Waals surface area contributed by atoms with Gasteiger partial charge in [-0.2, -0.15) is 0 Å². The van der Waals surface area contributed by atoms with Crippen molar-refractivity contribution >= 4 is 23.2 Å². The van der Waals surface area contributed by atoms with E-state index in [0.29, 0.717) is 23.7 Å². The van der Waals surface area contributed by atoms with Crippen molar-refractivity contribution in [3.05, 3.63) is 47.5 Å². The van der Waals surface area contributed by atoms with Gasteiger partial charge in [0.2, 0.25) is 11.8 Å². The minimum Gasteiger partial charge on any atom is -0.497 e. The molecule has 27 heavy (non-hydrogen) atoms. The molecule has 0 aromatic heterocycles. The summed E-state index contributed by atoms with van der Waals surface area (Å²) in [5.41, 5.74) is 3.59. The van der Waals surface area contributed by atoms with E-state index in [0.717, 1.165) is 16.8 Å². The van der Waals surface area contributed by atoms with Crippen LogP contribution in [-0.4, -0.2) is 32.6 Å².